The number of hydrogen-bond acceptors (Lipinski definition) is 5. The molecule has 0 spiro atoms. The molecule has 0 amide bonds. The van der Waals surface area contributed by atoms with E-state index in [4.69, 9.17) is 16.1 Å². The van der Waals surface area contributed by atoms with E-state index in [9.17, 15) is 23.1 Å². The molecule has 1 atom stereocenters. The van der Waals surface area contributed by atoms with Gasteiger partial charge in [0.15, 0.2) is 0 Å². The van der Waals surface area contributed by atoms with Gasteiger partial charge >= 0.3 is 12.1 Å². The fourth-order valence-electron chi connectivity index (χ4n) is 4.80. The van der Waals surface area contributed by atoms with Gasteiger partial charge in [-0.15, -0.1) is 0 Å². The number of carbonyl (C=O) groups is 1. The van der Waals surface area contributed by atoms with E-state index in [1.807, 2.05) is 0 Å². The molecule has 0 unspecified atom stereocenters. The smallest absolute Gasteiger partial charge is 0.432 e. The molecule has 194 valence electrons. The number of hydrogen-bond donors (Lipinski definition) is 1. The van der Waals surface area contributed by atoms with Gasteiger partial charge in [-0.1, -0.05) is 35.0 Å². The molecule has 0 radical (unpaired) electrons. The number of pyridine rings is 2. The van der Waals surface area contributed by atoms with Crippen molar-refractivity contribution in [2.45, 2.75) is 33.0 Å². The molecular formula is C27H20ClF3N4O3. The summed E-state index contributed by atoms with van der Waals surface area (Å²) in [6.07, 6.45) is -1.90. The van der Waals surface area contributed by atoms with Crippen LogP contribution in [0, 0.1) is 13.8 Å². The molecule has 38 heavy (non-hydrogen) atoms. The number of carboxylic acids is 1. The predicted octanol–water partition coefficient (Wildman–Crippen LogP) is 7.35. The van der Waals surface area contributed by atoms with E-state index in [0.29, 0.717) is 28.3 Å². The Bertz CT molecular complexity index is 1670. The highest BCUT2D eigenvalue weighted by molar-refractivity contribution is 6.36. The molecule has 1 aromatic carbocycles. The monoisotopic (exact) mass is 540 g/mol. The number of rotatable bonds is 5. The molecule has 0 saturated heterocycles. The fraction of sp³-hybridized carbons (Fsp3) is 0.185. The predicted molar refractivity (Wildman–Crippen MR) is 135 cm³/mol. The maximum atomic E-state index is 14.9. The Morgan fingerprint density at radius 3 is 2.47 bits per heavy atom. The van der Waals surface area contributed by atoms with Crippen molar-refractivity contribution in [3.8, 4) is 22.3 Å². The van der Waals surface area contributed by atoms with Crippen molar-refractivity contribution in [1.82, 2.24) is 19.7 Å². The van der Waals surface area contributed by atoms with Gasteiger partial charge in [0.1, 0.15) is 11.5 Å². The summed E-state index contributed by atoms with van der Waals surface area (Å²) in [5, 5.41) is 13.2. The number of halogens is 4. The van der Waals surface area contributed by atoms with Crippen molar-refractivity contribution < 1.29 is 27.6 Å². The van der Waals surface area contributed by atoms with Gasteiger partial charge < -0.3 is 14.2 Å². The Morgan fingerprint density at radius 1 is 1.11 bits per heavy atom. The first-order chi connectivity index (χ1) is 18.0. The van der Waals surface area contributed by atoms with Crippen LogP contribution in [0.5, 0.6) is 0 Å². The lowest BCUT2D eigenvalue weighted by Gasteiger charge is -2.21. The van der Waals surface area contributed by atoms with Crippen molar-refractivity contribution >= 4 is 28.6 Å². The molecule has 4 heterocycles. The second kappa shape index (κ2) is 9.29. The van der Waals surface area contributed by atoms with Crippen molar-refractivity contribution in [3.63, 3.8) is 0 Å². The van der Waals surface area contributed by atoms with Gasteiger partial charge in [-0.05, 0) is 45.0 Å². The van der Waals surface area contributed by atoms with Gasteiger partial charge in [-0.3, -0.25) is 9.97 Å². The van der Waals surface area contributed by atoms with Gasteiger partial charge in [0.05, 0.1) is 39.0 Å². The SMILES string of the molecule is Cc1noc(C)c1-c1cnc2c(-c3cccc(C(=O)O)c3Cl)c(C(F)(F)F)n([C@@H](C)c3ccccn3)c2c1. The van der Waals surface area contributed by atoms with E-state index in [2.05, 4.69) is 15.1 Å². The summed E-state index contributed by atoms with van der Waals surface area (Å²) in [7, 11) is 0. The zero-order valence-electron chi connectivity index (χ0n) is 20.3. The molecule has 5 aromatic rings. The summed E-state index contributed by atoms with van der Waals surface area (Å²) in [5.41, 5.74) is 0.552. The number of aromatic carboxylic acids is 1. The third-order valence-corrected chi connectivity index (χ3v) is 6.84. The van der Waals surface area contributed by atoms with E-state index >= 15 is 0 Å². The molecule has 1 N–H and O–H groups in total. The molecule has 5 rings (SSSR count). The normalized spacial score (nSPS) is 12.7. The topological polar surface area (TPSA) is 94.0 Å². The molecule has 11 heteroatoms. The Hall–Kier alpha value is -4.18. The largest absolute Gasteiger partial charge is 0.478 e. The summed E-state index contributed by atoms with van der Waals surface area (Å²) in [5.74, 6) is -0.863. The van der Waals surface area contributed by atoms with E-state index in [0.717, 1.165) is 4.57 Å². The minimum atomic E-state index is -4.86. The van der Waals surface area contributed by atoms with Crippen LogP contribution in [0.1, 0.15) is 46.2 Å². The molecule has 0 saturated carbocycles. The number of carboxylic acid groups (broad SMARTS) is 1. The minimum absolute atomic E-state index is 0.0139. The first-order valence-corrected chi connectivity index (χ1v) is 11.9. The number of nitrogens with zero attached hydrogens (tertiary/aromatic N) is 4. The van der Waals surface area contributed by atoms with Gasteiger partial charge in [0.25, 0.3) is 0 Å². The molecule has 0 aliphatic heterocycles. The molecule has 0 aliphatic carbocycles. The highest BCUT2D eigenvalue weighted by atomic mass is 35.5. The lowest BCUT2D eigenvalue weighted by atomic mass is 10.0. The van der Waals surface area contributed by atoms with Crippen LogP contribution in [-0.4, -0.2) is 30.8 Å². The fourth-order valence-corrected chi connectivity index (χ4v) is 5.10. The van der Waals surface area contributed by atoms with Crippen LogP contribution in [-0.2, 0) is 6.18 Å². The number of alkyl halides is 3. The van der Waals surface area contributed by atoms with Gasteiger partial charge in [0.2, 0.25) is 0 Å². The van der Waals surface area contributed by atoms with E-state index in [-0.39, 0.29) is 32.7 Å². The average Bonchev–Trinajstić information content (AvgIpc) is 3.40. The Kier molecular flexibility index (Phi) is 6.22. The van der Waals surface area contributed by atoms with Crippen molar-refractivity contribution in [1.29, 1.82) is 0 Å². The molecule has 0 fully saturated rings. The number of fused-ring (bicyclic) bond motifs is 1. The van der Waals surface area contributed by atoms with Crippen molar-refractivity contribution in [2.24, 2.45) is 0 Å². The summed E-state index contributed by atoms with van der Waals surface area (Å²) in [4.78, 5) is 20.5. The lowest BCUT2D eigenvalue weighted by molar-refractivity contribution is -0.143. The minimum Gasteiger partial charge on any atom is -0.478 e. The number of benzene rings is 1. The highest BCUT2D eigenvalue weighted by Crippen LogP contribution is 2.48. The summed E-state index contributed by atoms with van der Waals surface area (Å²) < 4.78 is 51.2. The van der Waals surface area contributed by atoms with Crippen LogP contribution >= 0.6 is 11.6 Å². The second-order valence-corrected chi connectivity index (χ2v) is 9.16. The molecular weight excluding hydrogens is 521 g/mol. The van der Waals surface area contributed by atoms with Gasteiger partial charge in [-0.25, -0.2) is 4.79 Å². The number of aromatic nitrogens is 4. The first-order valence-electron chi connectivity index (χ1n) is 11.5. The molecule has 0 aliphatic rings. The van der Waals surface area contributed by atoms with Gasteiger partial charge in [0, 0.05) is 34.6 Å². The quantitative estimate of drug-likeness (QED) is 0.250. The Balaban J connectivity index is 1.94. The zero-order valence-corrected chi connectivity index (χ0v) is 21.1. The Morgan fingerprint density at radius 2 is 1.87 bits per heavy atom. The van der Waals surface area contributed by atoms with Crippen LogP contribution in [0.4, 0.5) is 13.2 Å². The summed E-state index contributed by atoms with van der Waals surface area (Å²) in [6.45, 7) is 5.05. The standard InChI is InChI=1S/C27H20ClF3N4O3/c1-13-21(15(3)38-34-13)16-11-20-24(33-12-16)22(17-7-6-8-18(23(17)28)26(36)37)25(27(29,30)31)35(20)14(2)19-9-4-5-10-32-19/h4-12,14H,1-3H3,(H,36,37)/t14-/m0/s1. The summed E-state index contributed by atoms with van der Waals surface area (Å²) in [6, 6.07) is 9.69. The third kappa shape index (κ3) is 4.10. The van der Waals surface area contributed by atoms with E-state index < -0.39 is 23.9 Å². The van der Waals surface area contributed by atoms with Crippen LogP contribution in [0.2, 0.25) is 5.02 Å². The molecule has 7 nitrogen and oxygen atoms in total. The van der Waals surface area contributed by atoms with Gasteiger partial charge in [-0.2, -0.15) is 13.2 Å². The van der Waals surface area contributed by atoms with Crippen LogP contribution in [0.25, 0.3) is 33.3 Å². The summed E-state index contributed by atoms with van der Waals surface area (Å²) >= 11 is 6.40. The number of aryl methyl sites for hydroxylation is 2. The second-order valence-electron chi connectivity index (χ2n) is 8.79. The Labute approximate surface area is 219 Å². The average molecular weight is 541 g/mol. The van der Waals surface area contributed by atoms with Crippen LogP contribution in [0.3, 0.4) is 0 Å². The molecule has 4 aromatic heterocycles. The zero-order chi connectivity index (χ0) is 27.4. The van der Waals surface area contributed by atoms with Crippen LogP contribution < -0.4 is 0 Å². The van der Waals surface area contributed by atoms with Crippen molar-refractivity contribution in [3.05, 3.63) is 88.3 Å². The lowest BCUT2D eigenvalue weighted by Crippen LogP contribution is -2.19. The van der Waals surface area contributed by atoms with Crippen LogP contribution in [0.15, 0.2) is 59.4 Å². The van der Waals surface area contributed by atoms with Crippen molar-refractivity contribution in [2.75, 3.05) is 0 Å². The molecule has 0 bridgehead atoms. The maximum absolute atomic E-state index is 14.9. The van der Waals surface area contributed by atoms with E-state index in [1.54, 1.807) is 45.0 Å². The highest BCUT2D eigenvalue weighted by Gasteiger charge is 2.42. The maximum Gasteiger partial charge on any atom is 0.432 e. The third-order valence-electron chi connectivity index (χ3n) is 6.43. The first kappa shape index (κ1) is 25.5. The van der Waals surface area contributed by atoms with E-state index in [1.165, 1.54) is 30.6 Å².